The molecule has 9 aromatic rings. The number of ketones is 3. The average molecular weight is 1260 g/mol. The summed E-state index contributed by atoms with van der Waals surface area (Å²) >= 11 is 21.1. The zero-order chi connectivity index (χ0) is 62.2. The molecule has 0 aliphatic heterocycles. The molecule has 430 valence electrons. The minimum atomic E-state index is -0.679. The Labute approximate surface area is 510 Å². The monoisotopic (exact) mass is 1260 g/mol. The molecule has 18 nitrogen and oxygen atoms in total. The van der Waals surface area contributed by atoms with Crippen LogP contribution in [-0.4, -0.2) is 72.2 Å². The number of terminal acetylenes is 1. The minimum absolute atomic E-state index is 0.0146. The second-order valence-electron chi connectivity index (χ2n) is 17.0. The van der Waals surface area contributed by atoms with Crippen molar-refractivity contribution in [3.8, 4) is 23.7 Å². The quantitative estimate of drug-likeness (QED) is 0.00949. The van der Waals surface area contributed by atoms with E-state index in [4.69, 9.17) is 77.6 Å². The molecule has 0 aliphatic carbocycles. The molecule has 0 fully saturated rings. The van der Waals surface area contributed by atoms with E-state index < -0.39 is 23.3 Å². The second-order valence-corrected chi connectivity index (χ2v) is 22.2. The van der Waals surface area contributed by atoms with Crippen LogP contribution in [0.2, 0.25) is 13.0 Å². The Morgan fingerprint density at radius 3 is 1.46 bits per heavy atom. The number of halogens is 7. The van der Waals surface area contributed by atoms with Crippen molar-refractivity contribution in [1.82, 2.24) is 34.9 Å². The number of nitrogens with one attached hydrogen (secondary N) is 1. The van der Waals surface area contributed by atoms with Gasteiger partial charge in [-0.05, 0) is 90.5 Å². The lowest BCUT2D eigenvalue weighted by molar-refractivity contribution is 0.0978. The molecule has 0 atom stereocenters. The maximum absolute atomic E-state index is 14.4. The molecule has 0 bridgehead atoms. The van der Waals surface area contributed by atoms with E-state index in [1.54, 1.807) is 79.9 Å². The zero-order valence-corrected chi connectivity index (χ0v) is 49.1. The highest BCUT2D eigenvalue weighted by Crippen LogP contribution is 2.27. The summed E-state index contributed by atoms with van der Waals surface area (Å²) in [6.07, 6.45) is 10.5. The van der Waals surface area contributed by atoms with E-state index in [1.807, 2.05) is 0 Å². The number of carbonyl (C=O) groups excluding carboxylic acids is 3. The molecule has 0 radical (unpaired) electrons. The number of aryl methyl sites for hydroxylation is 2. The average Bonchev–Trinajstić information content (AvgIpc) is 4.54. The van der Waals surface area contributed by atoms with E-state index in [1.165, 1.54) is 85.8 Å². The van der Waals surface area contributed by atoms with Crippen LogP contribution < -0.4 is 5.73 Å². The molecular weight excluding hydrogens is 1220 g/mol. The molecular formula is C57H42Cl3F4N15O3S3. The fourth-order valence-electron chi connectivity index (χ4n) is 6.62. The molecule has 4 aromatic carbocycles. The highest BCUT2D eigenvalue weighted by atomic mass is 35.5. The molecule has 9 rings (SSSR count). The first-order valence-corrected chi connectivity index (χ1v) is 27.7. The van der Waals surface area contributed by atoms with Crippen molar-refractivity contribution in [1.29, 1.82) is 5.41 Å². The van der Waals surface area contributed by atoms with Crippen molar-refractivity contribution in [2.24, 2.45) is 5.11 Å². The van der Waals surface area contributed by atoms with Gasteiger partial charge in [0.1, 0.15) is 34.8 Å². The lowest BCUT2D eigenvalue weighted by Gasteiger charge is -2.14. The summed E-state index contributed by atoms with van der Waals surface area (Å²) < 4.78 is 58.1. The van der Waals surface area contributed by atoms with Gasteiger partial charge >= 0.3 is 0 Å². The summed E-state index contributed by atoms with van der Waals surface area (Å²) in [6, 6.07) is 26.5. The van der Waals surface area contributed by atoms with E-state index in [0.717, 1.165) is 18.2 Å². The van der Waals surface area contributed by atoms with Gasteiger partial charge < -0.3 is 10.6 Å². The van der Waals surface area contributed by atoms with Gasteiger partial charge in [0.25, 0.3) is 0 Å². The van der Waals surface area contributed by atoms with Gasteiger partial charge in [-0.3, -0.25) is 19.8 Å². The van der Waals surface area contributed by atoms with Crippen LogP contribution in [0.3, 0.4) is 0 Å². The van der Waals surface area contributed by atoms with Crippen LogP contribution in [0, 0.1) is 60.7 Å². The summed E-state index contributed by atoms with van der Waals surface area (Å²) in [5, 5.41) is 26.8. The fraction of sp³-hybridized carbons (Fsp3) is 0.140. The Bertz CT molecular complexity index is 4090. The molecule has 85 heavy (non-hydrogen) atoms. The molecule has 0 amide bonds. The summed E-state index contributed by atoms with van der Waals surface area (Å²) in [4.78, 5) is 50.6. The molecule has 0 saturated carbocycles. The highest BCUT2D eigenvalue weighted by molar-refractivity contribution is 7.18. The van der Waals surface area contributed by atoms with Crippen LogP contribution in [0.5, 0.6) is 0 Å². The number of anilines is 1. The third-order valence-electron chi connectivity index (χ3n) is 10.9. The van der Waals surface area contributed by atoms with Gasteiger partial charge in [-0.25, -0.2) is 41.5 Å². The number of thiophene rings is 3. The van der Waals surface area contributed by atoms with Crippen LogP contribution in [0.1, 0.15) is 71.6 Å². The summed E-state index contributed by atoms with van der Waals surface area (Å²) in [6.45, 7) is 20.0. The van der Waals surface area contributed by atoms with E-state index in [-0.39, 0.29) is 75.8 Å². The van der Waals surface area contributed by atoms with Crippen molar-refractivity contribution in [3.05, 3.63) is 234 Å². The first kappa shape index (κ1) is 66.3. The molecule has 3 N–H and O–H groups in total. The van der Waals surface area contributed by atoms with Crippen molar-refractivity contribution >= 4 is 120 Å². The Morgan fingerprint density at radius 1 is 0.647 bits per heavy atom. The lowest BCUT2D eigenvalue weighted by atomic mass is 10.1. The number of nitrogens with zero attached hydrogens (tertiary/aromatic N) is 13. The third-order valence-corrected chi connectivity index (χ3v) is 14.7. The van der Waals surface area contributed by atoms with Crippen LogP contribution in [0.25, 0.3) is 36.4 Å². The molecule has 5 aromatic heterocycles. The number of carbonyl (C=O) groups is 3. The number of amidine groups is 1. The number of Topliss-reactive ketones (excluding diaryl/α,β-unsaturated/α-hetero) is 3. The van der Waals surface area contributed by atoms with Gasteiger partial charge in [0.05, 0.1) is 88.2 Å². The lowest BCUT2D eigenvalue weighted by Crippen LogP contribution is -2.22. The SMILES string of the molecule is C#CCCC(=O)c1ccc(Cl)s1.CN(C)C(=N)c1ccc(-n2cc(CCC(=O)c3ccc(Cl)s3)nn2)c(F)c1.[C-]#[N+]c1ccc(-n2cc(CCC(=O)c3ccc(Cl)s3)nn2)c(F)c1.[C-]#[N+]c1ccc(N)c(F)c1.[C-]#[N+]c1ccc(N=[N+]=[N-])c(F)c1. The predicted molar refractivity (Wildman–Crippen MR) is 324 cm³/mol. The Hall–Kier alpha value is -9.53. The molecule has 0 aliphatic rings. The Balaban J connectivity index is 0.000000206. The summed E-state index contributed by atoms with van der Waals surface area (Å²) in [5.74, 6) is 0.416. The topological polar surface area (TPSA) is 228 Å². The third kappa shape index (κ3) is 20.4. The number of hydrogen-bond donors (Lipinski definition) is 2. The van der Waals surface area contributed by atoms with Gasteiger partial charge in [0, 0.05) is 63.1 Å². The standard InChI is InChI=1S/C18H17ClFN5OS.C16H10ClFN4OS.C9H7ClOS.C7H3FN4.C7H5FN2/c1-24(2)18(21)11-3-5-14(13(20)9-11)25-10-12(22-23-25)4-6-15(26)16-7-8-17(19)27-16;1-19-10-2-4-13(12(18)8-10)22-9-11(20-21-22)3-5-14(23)15-6-7-16(17)24-15;1-2-3-4-7(11)8-5-6-9(10)12-8;1-10-5-2-3-7(11-12-9)6(8)4-5;1-10-5-2-3-7(9)6(8)4-5/h3,5,7-10,21H,4,6H2,1-2H3;2,4,6-9H,3,5H2;1,5-6H,3-4H2;2-4H;2-4H,9H2. The highest BCUT2D eigenvalue weighted by Gasteiger charge is 2.16. The molecule has 0 spiro atoms. The largest absolute Gasteiger partial charge is 0.396 e. The normalized spacial score (nSPS) is 9.94. The Kier molecular flexibility index (Phi) is 25.7. The molecule has 0 saturated heterocycles. The first-order valence-electron chi connectivity index (χ1n) is 24.2. The minimum Gasteiger partial charge on any atom is -0.396 e. The van der Waals surface area contributed by atoms with Crippen molar-refractivity contribution in [2.45, 2.75) is 38.5 Å². The van der Waals surface area contributed by atoms with Crippen molar-refractivity contribution in [3.63, 3.8) is 0 Å². The van der Waals surface area contributed by atoms with Gasteiger partial charge in [-0.15, -0.1) is 56.6 Å². The fourth-order valence-corrected chi connectivity index (χ4v) is 9.65. The number of aromatic nitrogens is 6. The summed E-state index contributed by atoms with van der Waals surface area (Å²) in [5.41, 5.74) is 15.9. The van der Waals surface area contributed by atoms with Gasteiger partial charge in [0.2, 0.25) is 0 Å². The van der Waals surface area contributed by atoms with Gasteiger partial charge in [0.15, 0.2) is 34.4 Å². The number of azide groups is 1. The number of nitrogen functional groups attached to an aromatic ring is 1. The van der Waals surface area contributed by atoms with E-state index in [0.29, 0.717) is 70.3 Å². The van der Waals surface area contributed by atoms with E-state index in [2.05, 4.69) is 51.1 Å². The second kappa shape index (κ2) is 32.9. The van der Waals surface area contributed by atoms with Crippen LogP contribution in [0.15, 0.2) is 127 Å². The van der Waals surface area contributed by atoms with Gasteiger partial charge in [-0.1, -0.05) is 74.6 Å². The Morgan fingerprint density at radius 2 is 1.07 bits per heavy atom. The number of rotatable bonds is 15. The van der Waals surface area contributed by atoms with Crippen molar-refractivity contribution < 1.29 is 31.9 Å². The maximum Gasteiger partial charge on any atom is 0.190 e. The van der Waals surface area contributed by atoms with Crippen LogP contribution >= 0.6 is 68.8 Å². The number of hydrogen-bond acceptors (Lipinski definition) is 13. The smallest absolute Gasteiger partial charge is 0.190 e. The van der Waals surface area contributed by atoms with E-state index >= 15 is 0 Å². The van der Waals surface area contributed by atoms with Gasteiger partial charge in [-0.2, -0.15) is 0 Å². The molecule has 0 unspecified atom stereocenters. The predicted octanol–water partition coefficient (Wildman–Crippen LogP) is 16.6. The first-order chi connectivity index (χ1) is 40.7. The van der Waals surface area contributed by atoms with Crippen LogP contribution in [0.4, 0.5) is 46.0 Å². The zero-order valence-electron chi connectivity index (χ0n) is 44.4. The number of benzene rings is 4. The number of nitrogens with two attached hydrogens (primary N) is 1. The van der Waals surface area contributed by atoms with Crippen molar-refractivity contribution in [2.75, 3.05) is 19.8 Å². The maximum atomic E-state index is 14.4. The molecule has 28 heteroatoms. The summed E-state index contributed by atoms with van der Waals surface area (Å²) in [7, 11) is 3.45. The van der Waals surface area contributed by atoms with E-state index in [9.17, 15) is 31.9 Å². The van der Waals surface area contributed by atoms with Crippen LogP contribution in [-0.2, 0) is 12.8 Å². The molecule has 5 heterocycles.